The molecule has 29 heavy (non-hydrogen) atoms. The second-order valence-corrected chi connectivity index (χ2v) is 7.30. The number of carbonyl (C=O) groups is 2. The molecule has 0 spiro atoms. The summed E-state index contributed by atoms with van der Waals surface area (Å²) in [5, 5.41) is 2.46. The zero-order chi connectivity index (χ0) is 21.8. The Hall–Kier alpha value is -3.03. The molecule has 0 saturated carbocycles. The fraction of sp³-hybridized carbons (Fsp3) is 0.333. The van der Waals surface area contributed by atoms with Crippen LogP contribution in [0.15, 0.2) is 48.5 Å². The molecule has 0 bridgehead atoms. The van der Waals surface area contributed by atoms with Gasteiger partial charge in [-0.25, -0.2) is 9.59 Å². The van der Waals surface area contributed by atoms with Crippen molar-refractivity contribution in [1.82, 2.24) is 5.32 Å². The molecule has 2 aromatic carbocycles. The zero-order valence-corrected chi connectivity index (χ0v) is 16.5. The number of benzene rings is 2. The number of carbonyl (C=O) groups excluding carboxylic acids is 2. The van der Waals surface area contributed by atoms with Crippen LogP contribution in [0, 0.1) is 0 Å². The van der Waals surface area contributed by atoms with Gasteiger partial charge in [-0.15, -0.1) is 0 Å². The lowest BCUT2D eigenvalue weighted by Crippen LogP contribution is -2.38. The van der Waals surface area contributed by atoms with Crippen molar-refractivity contribution < 1.29 is 32.2 Å². The molecular weight excluding hydrogens is 387 g/mol. The first-order valence-electron chi connectivity index (χ1n) is 8.75. The summed E-state index contributed by atoms with van der Waals surface area (Å²) in [7, 11) is 1.20. The first kappa shape index (κ1) is 22.3. The minimum absolute atomic E-state index is 0.443. The van der Waals surface area contributed by atoms with E-state index in [1.165, 1.54) is 19.2 Å². The van der Waals surface area contributed by atoms with Crippen LogP contribution in [0.4, 0.5) is 18.0 Å². The van der Waals surface area contributed by atoms with E-state index in [1.54, 1.807) is 45.0 Å². The fourth-order valence-corrected chi connectivity index (χ4v) is 2.54. The van der Waals surface area contributed by atoms with Gasteiger partial charge in [-0.05, 0) is 49.6 Å². The molecule has 0 saturated heterocycles. The minimum Gasteiger partial charge on any atom is -0.467 e. The lowest BCUT2D eigenvalue weighted by molar-refractivity contribution is -0.143. The van der Waals surface area contributed by atoms with E-state index in [1.807, 2.05) is 0 Å². The molecule has 0 radical (unpaired) electrons. The number of esters is 1. The summed E-state index contributed by atoms with van der Waals surface area (Å²) in [6.45, 7) is 5.08. The van der Waals surface area contributed by atoms with Gasteiger partial charge in [0, 0.05) is 0 Å². The first-order valence-corrected chi connectivity index (χ1v) is 8.75. The van der Waals surface area contributed by atoms with Gasteiger partial charge >= 0.3 is 18.2 Å². The molecule has 156 valence electrons. The van der Waals surface area contributed by atoms with Crippen LogP contribution in [0.5, 0.6) is 0 Å². The van der Waals surface area contributed by atoms with Crippen LogP contribution >= 0.6 is 0 Å². The van der Waals surface area contributed by atoms with Gasteiger partial charge in [-0.1, -0.05) is 36.4 Å². The Bertz CT molecular complexity index is 853. The number of alkyl halides is 3. The second-order valence-electron chi connectivity index (χ2n) is 7.30. The Kier molecular flexibility index (Phi) is 6.56. The number of ether oxygens (including phenoxy) is 2. The van der Waals surface area contributed by atoms with Crippen LogP contribution in [0.3, 0.4) is 0 Å². The molecular formula is C21H22F3NO4. The van der Waals surface area contributed by atoms with Crippen LogP contribution < -0.4 is 5.32 Å². The molecule has 2 rings (SSSR count). The van der Waals surface area contributed by atoms with Crippen LogP contribution in [0.2, 0.25) is 0 Å². The Morgan fingerprint density at radius 2 is 1.38 bits per heavy atom. The van der Waals surface area contributed by atoms with Gasteiger partial charge in [0.25, 0.3) is 0 Å². The Morgan fingerprint density at radius 1 is 0.897 bits per heavy atom. The van der Waals surface area contributed by atoms with Crippen molar-refractivity contribution in [2.24, 2.45) is 0 Å². The van der Waals surface area contributed by atoms with Crippen LogP contribution in [-0.4, -0.2) is 24.8 Å². The summed E-state index contributed by atoms with van der Waals surface area (Å²) in [4.78, 5) is 24.1. The highest BCUT2D eigenvalue weighted by atomic mass is 19.4. The SMILES string of the molecule is COC(=O)C(NC(=O)OC(C)(C)C)c1ccc(-c2ccc(C(F)(F)F)cc2)cc1. The summed E-state index contributed by atoms with van der Waals surface area (Å²) in [6, 6.07) is 10.1. The maximum Gasteiger partial charge on any atom is 0.416 e. The zero-order valence-electron chi connectivity index (χ0n) is 16.5. The summed E-state index contributed by atoms with van der Waals surface area (Å²) >= 11 is 0. The lowest BCUT2D eigenvalue weighted by atomic mass is 10.00. The molecule has 0 aromatic heterocycles. The van der Waals surface area contributed by atoms with E-state index >= 15 is 0 Å². The van der Waals surface area contributed by atoms with Gasteiger partial charge in [0.1, 0.15) is 5.60 Å². The van der Waals surface area contributed by atoms with Crippen molar-refractivity contribution in [3.8, 4) is 11.1 Å². The van der Waals surface area contributed by atoms with Crippen LogP contribution in [0.25, 0.3) is 11.1 Å². The van der Waals surface area contributed by atoms with E-state index < -0.39 is 35.4 Å². The average Bonchev–Trinajstić information content (AvgIpc) is 2.64. The van der Waals surface area contributed by atoms with Gasteiger partial charge in [-0.2, -0.15) is 13.2 Å². The number of alkyl carbamates (subject to hydrolysis) is 1. The molecule has 1 unspecified atom stereocenters. The number of nitrogens with one attached hydrogen (secondary N) is 1. The molecule has 0 fully saturated rings. The highest BCUT2D eigenvalue weighted by Gasteiger charge is 2.30. The summed E-state index contributed by atoms with van der Waals surface area (Å²) in [5.74, 6) is -0.682. The number of methoxy groups -OCH3 is 1. The summed E-state index contributed by atoms with van der Waals surface area (Å²) in [6.07, 6.45) is -5.18. The molecule has 5 nitrogen and oxygen atoms in total. The molecule has 0 heterocycles. The van der Waals surface area contributed by atoms with E-state index in [9.17, 15) is 22.8 Å². The van der Waals surface area contributed by atoms with E-state index in [2.05, 4.69) is 5.32 Å². The van der Waals surface area contributed by atoms with Gasteiger partial charge < -0.3 is 14.8 Å². The van der Waals surface area contributed by atoms with E-state index in [4.69, 9.17) is 9.47 Å². The van der Waals surface area contributed by atoms with Crippen molar-refractivity contribution in [2.45, 2.75) is 38.6 Å². The predicted molar refractivity (Wildman–Crippen MR) is 101 cm³/mol. The van der Waals surface area contributed by atoms with Gasteiger partial charge in [0.05, 0.1) is 12.7 Å². The normalized spacial score (nSPS) is 12.8. The fourth-order valence-electron chi connectivity index (χ4n) is 2.54. The third-order valence-electron chi connectivity index (χ3n) is 3.89. The van der Waals surface area contributed by atoms with Gasteiger partial charge in [0.15, 0.2) is 6.04 Å². The standard InChI is InChI=1S/C21H22F3NO4/c1-20(2,3)29-19(27)25-17(18(26)28-4)15-7-5-13(6-8-15)14-9-11-16(12-10-14)21(22,23)24/h5-12,17H,1-4H3,(H,25,27). The van der Waals surface area contributed by atoms with Crippen molar-refractivity contribution >= 4 is 12.1 Å². The molecule has 8 heteroatoms. The quantitative estimate of drug-likeness (QED) is 0.713. The largest absolute Gasteiger partial charge is 0.467 e. The molecule has 0 aliphatic carbocycles. The number of halogens is 3. The smallest absolute Gasteiger partial charge is 0.416 e. The third kappa shape index (κ3) is 6.23. The maximum atomic E-state index is 12.7. The van der Waals surface area contributed by atoms with Gasteiger partial charge in [0.2, 0.25) is 0 Å². The van der Waals surface area contributed by atoms with Crippen LogP contribution in [0.1, 0.15) is 37.9 Å². The molecule has 2 aromatic rings. The molecule has 1 N–H and O–H groups in total. The van der Waals surface area contributed by atoms with Gasteiger partial charge in [-0.3, -0.25) is 0 Å². The minimum atomic E-state index is -4.40. The molecule has 1 atom stereocenters. The lowest BCUT2D eigenvalue weighted by Gasteiger charge is -2.23. The highest BCUT2D eigenvalue weighted by molar-refractivity contribution is 5.83. The highest BCUT2D eigenvalue weighted by Crippen LogP contribution is 2.31. The predicted octanol–water partition coefficient (Wildman–Crippen LogP) is 5.11. The van der Waals surface area contributed by atoms with Crippen molar-refractivity contribution in [3.05, 3.63) is 59.7 Å². The number of rotatable bonds is 4. The second kappa shape index (κ2) is 8.55. The summed E-state index contributed by atoms with van der Waals surface area (Å²) < 4.78 is 48.0. The number of amides is 1. The van der Waals surface area contributed by atoms with Crippen LogP contribution in [-0.2, 0) is 20.4 Å². The van der Waals surface area contributed by atoms with E-state index in [0.29, 0.717) is 16.7 Å². The molecule has 0 aliphatic heterocycles. The summed E-state index contributed by atoms with van der Waals surface area (Å²) in [5.41, 5.74) is 0.211. The topological polar surface area (TPSA) is 64.6 Å². The van der Waals surface area contributed by atoms with Crippen molar-refractivity contribution in [1.29, 1.82) is 0 Å². The molecule has 0 aliphatic rings. The Labute approximate surface area is 166 Å². The Balaban J connectivity index is 2.22. The monoisotopic (exact) mass is 409 g/mol. The number of hydrogen-bond acceptors (Lipinski definition) is 4. The average molecular weight is 409 g/mol. The number of hydrogen-bond donors (Lipinski definition) is 1. The van der Waals surface area contributed by atoms with E-state index in [0.717, 1.165) is 12.1 Å². The Morgan fingerprint density at radius 3 is 1.79 bits per heavy atom. The first-order chi connectivity index (χ1) is 13.4. The molecule has 1 amide bonds. The van der Waals surface area contributed by atoms with E-state index in [-0.39, 0.29) is 0 Å². The van der Waals surface area contributed by atoms with Crippen molar-refractivity contribution in [2.75, 3.05) is 7.11 Å². The maximum absolute atomic E-state index is 12.7. The third-order valence-corrected chi connectivity index (χ3v) is 3.89. The van der Waals surface area contributed by atoms with Crippen molar-refractivity contribution in [3.63, 3.8) is 0 Å².